The molecule has 0 spiro atoms. The fraction of sp³-hybridized carbons (Fsp3) is 0.440. The van der Waals surface area contributed by atoms with Crippen LogP contribution in [0.25, 0.3) is 44.6 Å². The third-order valence-electron chi connectivity index (χ3n) is 12.1. The molecule has 4 aromatic rings. The Hall–Kier alpha value is -6.79. The number of benzene rings is 3. The Balaban J connectivity index is 0.878. The molecule has 3 aliphatic heterocycles. The van der Waals surface area contributed by atoms with Crippen molar-refractivity contribution in [2.45, 2.75) is 116 Å². The quantitative estimate of drug-likeness (QED) is 0.0179. The van der Waals surface area contributed by atoms with E-state index in [-0.39, 0.29) is 52.2 Å². The fourth-order valence-electron chi connectivity index (χ4n) is 8.83. The Morgan fingerprint density at radius 1 is 0.960 bits per heavy atom. The number of phenolic OH excluding ortho intramolecular Hbond substituents is 1. The summed E-state index contributed by atoms with van der Waals surface area (Å²) in [5, 5.41) is 32.5. The van der Waals surface area contributed by atoms with Crippen LogP contribution in [0.1, 0.15) is 90.7 Å². The number of thiocarbonyl (C=S) groups is 1. The summed E-state index contributed by atoms with van der Waals surface area (Å²) in [5.74, 6) is -3.17. The number of carboxylic acid groups (broad SMARTS) is 1. The number of nitrogens with two attached hydrogens (primary N) is 1. The van der Waals surface area contributed by atoms with Gasteiger partial charge in [0.25, 0.3) is 5.91 Å². The van der Waals surface area contributed by atoms with E-state index < -0.39 is 73.6 Å². The topological polar surface area (TPSA) is 312 Å². The Kier molecular flexibility index (Phi) is 16.1. The zero-order valence-corrected chi connectivity index (χ0v) is 44.0. The minimum absolute atomic E-state index is 0.0397. The molecule has 400 valence electrons. The number of carboxylic acids is 1. The van der Waals surface area contributed by atoms with E-state index in [4.69, 9.17) is 50.4 Å². The summed E-state index contributed by atoms with van der Waals surface area (Å²) in [5.41, 5.74) is 7.71. The average Bonchev–Trinajstić information content (AvgIpc) is 4.00. The van der Waals surface area contributed by atoms with Crippen molar-refractivity contribution in [3.63, 3.8) is 0 Å². The second-order valence-electron chi connectivity index (χ2n) is 19.9. The molecule has 2 fully saturated rings. The molecule has 8 rings (SSSR count). The van der Waals surface area contributed by atoms with Gasteiger partial charge < -0.3 is 55.3 Å². The van der Waals surface area contributed by atoms with Gasteiger partial charge in [0.2, 0.25) is 0 Å². The number of nitrogens with one attached hydrogen (secondary N) is 4. The second kappa shape index (κ2) is 22.2. The minimum atomic E-state index is -4.49. The van der Waals surface area contributed by atoms with E-state index in [0.717, 1.165) is 0 Å². The maximum Gasteiger partial charge on any atom is 0.435 e. The summed E-state index contributed by atoms with van der Waals surface area (Å²) >= 11 is 5.55. The SMILES string of the molecule is CC(C)[C@H](NC(=O)OC(C)(C)C)C(=O)NP(=O)(OCCCCCCNC(=S)Nc1ccc(-c2c3ccc(=O)cc-3oc3cc(O)ccc23)c(C(=O)O)c1)OC[C@H]1O[C@@H](n2cnc3c(N)ncnc32)[C@@H]2OC(C)(C)O[C@@H]21. The van der Waals surface area contributed by atoms with Crippen molar-refractivity contribution >= 4 is 76.7 Å². The zero-order chi connectivity index (χ0) is 54.0. The van der Waals surface area contributed by atoms with Crippen LogP contribution in [0.4, 0.5) is 16.3 Å². The van der Waals surface area contributed by atoms with Gasteiger partial charge in [-0.05, 0) is 108 Å². The van der Waals surface area contributed by atoms with E-state index in [1.807, 2.05) is 0 Å². The number of hydrogen-bond donors (Lipinski definition) is 7. The van der Waals surface area contributed by atoms with Gasteiger partial charge in [-0.25, -0.2) is 29.1 Å². The number of ether oxygens (including phenoxy) is 4. The van der Waals surface area contributed by atoms with Crippen molar-refractivity contribution in [3.8, 4) is 28.2 Å². The molecule has 2 saturated heterocycles. The number of aromatic nitrogens is 4. The van der Waals surface area contributed by atoms with E-state index in [1.165, 1.54) is 43.0 Å². The van der Waals surface area contributed by atoms with E-state index in [0.29, 0.717) is 71.2 Å². The molecule has 8 N–H and O–H groups in total. The number of unbranched alkanes of at least 4 members (excludes halogenated alkanes) is 3. The lowest BCUT2D eigenvalue weighted by Gasteiger charge is -2.28. The second-order valence-corrected chi connectivity index (χ2v) is 22.0. The summed E-state index contributed by atoms with van der Waals surface area (Å²) in [6, 6.07) is 12.4. The van der Waals surface area contributed by atoms with Crippen molar-refractivity contribution in [2.24, 2.45) is 5.92 Å². The molecule has 0 radical (unpaired) electrons. The number of anilines is 2. The lowest BCUT2D eigenvalue weighted by molar-refractivity contribution is -0.199. The van der Waals surface area contributed by atoms with E-state index >= 15 is 0 Å². The van der Waals surface area contributed by atoms with Crippen LogP contribution in [0.3, 0.4) is 0 Å². The van der Waals surface area contributed by atoms with Crippen molar-refractivity contribution in [3.05, 3.63) is 83.0 Å². The van der Waals surface area contributed by atoms with Crippen molar-refractivity contribution in [1.82, 2.24) is 35.2 Å². The number of carbonyl (C=O) groups excluding carboxylic acids is 2. The summed E-state index contributed by atoms with van der Waals surface area (Å²) < 4.78 is 58.4. The number of fused-ring (bicyclic) bond motifs is 4. The molecule has 2 amide bonds. The number of amides is 2. The lowest BCUT2D eigenvalue weighted by atomic mass is 9.90. The number of carbonyl (C=O) groups is 3. The van der Waals surface area contributed by atoms with Gasteiger partial charge in [0.15, 0.2) is 34.0 Å². The summed E-state index contributed by atoms with van der Waals surface area (Å²) in [6.45, 7) is 12.0. The van der Waals surface area contributed by atoms with Crippen LogP contribution in [0, 0.1) is 5.92 Å². The van der Waals surface area contributed by atoms with E-state index in [2.05, 4.69) is 36.0 Å². The third kappa shape index (κ3) is 12.8. The molecular weight excluding hydrogens is 1010 g/mol. The zero-order valence-electron chi connectivity index (χ0n) is 42.3. The van der Waals surface area contributed by atoms with Crippen LogP contribution in [-0.4, -0.2) is 108 Å². The molecule has 1 aliphatic carbocycles. The molecule has 6 atom stereocenters. The third-order valence-corrected chi connectivity index (χ3v) is 13.9. The van der Waals surface area contributed by atoms with Gasteiger partial charge in [0, 0.05) is 40.9 Å². The standard InChI is InChI=1S/C50H60N9O14PS/c1-26(2)38(57-48(65)73-49(3,4)5)44(62)58-74(66,68-23-36-40-41(72-50(6,7)71-40)45(70-36)59-25-55-39-42(51)53-24-54-43(39)59)67-19-11-9-8-10-18-52-47(75)56-27-12-15-30(33(20-27)46(63)64)37-31-16-13-28(60)21-34(31)69-35-22-29(61)14-17-32(35)37/h12-17,20-22,24-26,36,38,40-41,45,60H,8-11,18-19,23H2,1-7H3,(H,57,65)(H,63,64)(H2,51,53,54)(H2,52,56,75)(H,58,62,66)/t36-,38+,40-,41-,45-,74?/m1/s1. The average molecular weight is 1070 g/mol. The van der Waals surface area contributed by atoms with Crippen LogP contribution in [0.2, 0.25) is 0 Å². The minimum Gasteiger partial charge on any atom is -0.508 e. The first-order chi connectivity index (χ1) is 35.5. The molecule has 25 heteroatoms. The molecule has 2 aromatic carbocycles. The predicted octanol–water partition coefficient (Wildman–Crippen LogP) is 7.46. The summed E-state index contributed by atoms with van der Waals surface area (Å²) in [6.07, 6.45) is 1.21. The molecule has 2 aromatic heterocycles. The highest BCUT2D eigenvalue weighted by atomic mass is 32.1. The number of nitrogens with zero attached hydrogens (tertiary/aromatic N) is 4. The lowest BCUT2D eigenvalue weighted by Crippen LogP contribution is -2.50. The Labute approximate surface area is 436 Å². The molecule has 0 bridgehead atoms. The van der Waals surface area contributed by atoms with Crippen molar-refractivity contribution < 1.29 is 61.6 Å². The number of hydrogen-bond acceptors (Lipinski definition) is 18. The van der Waals surface area contributed by atoms with E-state index in [1.54, 1.807) is 77.3 Å². The number of alkyl carbamates (subject to hydrolysis) is 1. The number of imidazole rings is 1. The van der Waals surface area contributed by atoms with Crippen molar-refractivity contribution in [1.29, 1.82) is 0 Å². The van der Waals surface area contributed by atoms with Crippen LogP contribution in [-0.2, 0) is 37.4 Å². The molecule has 0 saturated carbocycles. The molecular formula is C50H60N9O14PS. The first-order valence-electron chi connectivity index (χ1n) is 24.2. The Morgan fingerprint density at radius 2 is 1.71 bits per heavy atom. The van der Waals surface area contributed by atoms with Gasteiger partial charge in [-0.15, -0.1) is 0 Å². The highest BCUT2D eigenvalue weighted by molar-refractivity contribution is 7.80. The maximum atomic E-state index is 14.6. The summed E-state index contributed by atoms with van der Waals surface area (Å²) in [7, 11) is -4.49. The number of nitrogen functional groups attached to an aromatic ring is 1. The Morgan fingerprint density at radius 3 is 2.45 bits per heavy atom. The normalized spacial score (nSPS) is 19.4. The van der Waals surface area contributed by atoms with Crippen LogP contribution in [0.15, 0.2) is 76.5 Å². The van der Waals surface area contributed by atoms with Crippen LogP contribution in [0.5, 0.6) is 5.75 Å². The van der Waals surface area contributed by atoms with E-state index in [9.17, 15) is 34.0 Å². The van der Waals surface area contributed by atoms with Crippen LogP contribution < -0.4 is 32.2 Å². The number of phenols is 1. The molecule has 5 heterocycles. The molecule has 4 aliphatic rings. The van der Waals surface area contributed by atoms with Gasteiger partial charge in [0.05, 0.1) is 25.1 Å². The highest BCUT2D eigenvalue weighted by Gasteiger charge is 2.57. The number of rotatable bonds is 19. The van der Waals surface area contributed by atoms with Crippen molar-refractivity contribution in [2.75, 3.05) is 30.8 Å². The fourth-order valence-corrected chi connectivity index (χ4v) is 10.4. The molecule has 23 nitrogen and oxygen atoms in total. The van der Waals surface area contributed by atoms with Gasteiger partial charge in [-0.2, -0.15) is 0 Å². The smallest absolute Gasteiger partial charge is 0.435 e. The first-order valence-corrected chi connectivity index (χ1v) is 26.2. The van der Waals surface area contributed by atoms with Gasteiger partial charge in [0.1, 0.15) is 58.9 Å². The number of aromatic hydroxyl groups is 1. The largest absolute Gasteiger partial charge is 0.508 e. The van der Waals surface area contributed by atoms with Gasteiger partial charge in [-0.1, -0.05) is 32.8 Å². The predicted molar refractivity (Wildman–Crippen MR) is 279 cm³/mol. The maximum absolute atomic E-state index is 14.6. The highest BCUT2D eigenvalue weighted by Crippen LogP contribution is 2.49. The van der Waals surface area contributed by atoms with Gasteiger partial charge >= 0.3 is 19.8 Å². The first kappa shape index (κ1) is 54.5. The molecule has 1 unspecified atom stereocenters. The monoisotopic (exact) mass is 1070 g/mol. The van der Waals surface area contributed by atoms with Crippen LogP contribution >= 0.6 is 20.0 Å². The molecule has 75 heavy (non-hydrogen) atoms. The Bertz CT molecular complexity index is 3200. The summed E-state index contributed by atoms with van der Waals surface area (Å²) in [4.78, 5) is 64.3. The van der Waals surface area contributed by atoms with Gasteiger partial charge in [-0.3, -0.25) is 28.3 Å². The number of aromatic carboxylic acids is 1.